The molecule has 11 heteroatoms. The van der Waals surface area contributed by atoms with E-state index in [1.807, 2.05) is 50.2 Å². The Bertz CT molecular complexity index is 1600. The van der Waals surface area contributed by atoms with E-state index in [0.717, 1.165) is 5.56 Å². The highest BCUT2D eigenvalue weighted by Crippen LogP contribution is 2.34. The minimum atomic E-state index is -1.03. The molecule has 2 atom stereocenters. The summed E-state index contributed by atoms with van der Waals surface area (Å²) in [5.41, 5.74) is -0.433. The minimum absolute atomic E-state index is 0. The fraction of sp³-hybridized carbons (Fsp3) is 0.436. The van der Waals surface area contributed by atoms with Crippen molar-refractivity contribution < 1.29 is 33.8 Å². The Kier molecular flexibility index (Phi) is 14.9. The molecule has 0 heterocycles. The van der Waals surface area contributed by atoms with E-state index in [1.165, 1.54) is 17.0 Å². The van der Waals surface area contributed by atoms with Crippen LogP contribution in [0.4, 0.5) is 0 Å². The molecular weight excluding hydrogens is 702 g/mol. The molecule has 3 aromatic rings. The molecule has 0 aliphatic carbocycles. The lowest BCUT2D eigenvalue weighted by Crippen LogP contribution is -2.55. The van der Waals surface area contributed by atoms with Crippen LogP contribution in [-0.2, 0) is 20.8 Å². The predicted octanol–water partition coefficient (Wildman–Crippen LogP) is 6.07. The summed E-state index contributed by atoms with van der Waals surface area (Å²) < 4.78 is 11.2. The SMILES string of the molecule is Br.CN(C(=O)c1ccccc1)[C@@H](Cc1ccccc1)C(=O)NCC(C)(C)NCC(O)c1ccc(OC(=O)C(C)(C)C)c(OC(=O)C(C)(C)C)c1. The van der Waals surface area contributed by atoms with Crippen LogP contribution in [0.3, 0.4) is 0 Å². The van der Waals surface area contributed by atoms with Crippen molar-refractivity contribution in [2.75, 3.05) is 20.1 Å². The lowest BCUT2D eigenvalue weighted by molar-refractivity contribution is -0.145. The molecule has 0 aromatic heterocycles. The van der Waals surface area contributed by atoms with Crippen LogP contribution >= 0.6 is 17.0 Å². The van der Waals surface area contributed by atoms with Gasteiger partial charge in [0.1, 0.15) is 6.04 Å². The first kappa shape index (κ1) is 42.1. The molecule has 0 bridgehead atoms. The monoisotopic (exact) mass is 753 g/mol. The quantitative estimate of drug-likeness (QED) is 0.142. The van der Waals surface area contributed by atoms with Crippen molar-refractivity contribution in [3.63, 3.8) is 0 Å². The van der Waals surface area contributed by atoms with E-state index in [4.69, 9.17) is 9.47 Å². The number of esters is 2. The second-order valence-corrected chi connectivity index (χ2v) is 15.0. The fourth-order valence-electron chi connectivity index (χ4n) is 4.55. The summed E-state index contributed by atoms with van der Waals surface area (Å²) in [5, 5.41) is 17.4. The van der Waals surface area contributed by atoms with Gasteiger partial charge in [0.05, 0.1) is 16.9 Å². The fourth-order valence-corrected chi connectivity index (χ4v) is 4.55. The van der Waals surface area contributed by atoms with E-state index in [0.29, 0.717) is 17.5 Å². The summed E-state index contributed by atoms with van der Waals surface area (Å²) in [6.07, 6.45) is -0.702. The van der Waals surface area contributed by atoms with Gasteiger partial charge in [0.15, 0.2) is 11.5 Å². The number of carbonyl (C=O) groups excluding carboxylic acids is 4. The first-order valence-corrected chi connectivity index (χ1v) is 16.4. The number of halogens is 1. The van der Waals surface area contributed by atoms with Crippen LogP contribution in [0.15, 0.2) is 78.9 Å². The Balaban J connectivity index is 0.00000867. The first-order valence-electron chi connectivity index (χ1n) is 16.4. The van der Waals surface area contributed by atoms with Gasteiger partial charge in [0, 0.05) is 37.7 Å². The van der Waals surface area contributed by atoms with Crippen molar-refractivity contribution in [2.45, 2.75) is 79.5 Å². The van der Waals surface area contributed by atoms with Crippen molar-refractivity contribution in [1.82, 2.24) is 15.5 Å². The number of nitrogens with one attached hydrogen (secondary N) is 2. The number of benzene rings is 3. The normalized spacial score (nSPS) is 12.9. The highest BCUT2D eigenvalue weighted by molar-refractivity contribution is 8.93. The van der Waals surface area contributed by atoms with Gasteiger partial charge in [-0.3, -0.25) is 19.2 Å². The van der Waals surface area contributed by atoms with E-state index in [1.54, 1.807) is 78.9 Å². The number of aliphatic hydroxyl groups is 1. The second kappa shape index (κ2) is 17.7. The summed E-state index contributed by atoms with van der Waals surface area (Å²) in [4.78, 5) is 53.8. The lowest BCUT2D eigenvalue weighted by Gasteiger charge is -2.31. The molecular formula is C39H52BrN3O7. The van der Waals surface area contributed by atoms with E-state index in [-0.39, 0.29) is 53.4 Å². The molecule has 2 amide bonds. The number of amides is 2. The van der Waals surface area contributed by atoms with Gasteiger partial charge in [-0.25, -0.2) is 0 Å². The first-order chi connectivity index (χ1) is 22.8. The van der Waals surface area contributed by atoms with E-state index >= 15 is 0 Å². The van der Waals surface area contributed by atoms with Gasteiger partial charge >= 0.3 is 11.9 Å². The van der Waals surface area contributed by atoms with E-state index in [9.17, 15) is 24.3 Å². The second-order valence-electron chi connectivity index (χ2n) is 15.0. The number of carbonyl (C=O) groups is 4. The van der Waals surface area contributed by atoms with Crippen molar-refractivity contribution >= 4 is 40.7 Å². The molecule has 0 aliphatic heterocycles. The van der Waals surface area contributed by atoms with Crippen LogP contribution in [0.1, 0.15) is 83.0 Å². The molecule has 50 heavy (non-hydrogen) atoms. The summed E-state index contributed by atoms with van der Waals surface area (Å²) >= 11 is 0. The van der Waals surface area contributed by atoms with E-state index in [2.05, 4.69) is 10.6 Å². The van der Waals surface area contributed by atoms with Gasteiger partial charge < -0.3 is 30.1 Å². The third-order valence-corrected chi connectivity index (χ3v) is 7.84. The minimum Gasteiger partial charge on any atom is -0.422 e. The zero-order valence-corrected chi connectivity index (χ0v) is 32.2. The van der Waals surface area contributed by atoms with Crippen molar-refractivity contribution in [3.8, 4) is 11.5 Å². The maximum Gasteiger partial charge on any atom is 0.316 e. The Morgan fingerprint density at radius 2 is 1.28 bits per heavy atom. The van der Waals surface area contributed by atoms with Crippen LogP contribution < -0.4 is 20.1 Å². The van der Waals surface area contributed by atoms with Crippen LogP contribution in [0.25, 0.3) is 0 Å². The van der Waals surface area contributed by atoms with Gasteiger partial charge in [0.2, 0.25) is 5.91 Å². The molecule has 0 aliphatic rings. The Morgan fingerprint density at radius 1 is 0.760 bits per heavy atom. The van der Waals surface area contributed by atoms with Crippen molar-refractivity contribution in [3.05, 3.63) is 95.6 Å². The number of hydrogen-bond donors (Lipinski definition) is 3. The standard InChI is InChI=1S/C39H51N3O7.BrH/c1-37(2,3)35(46)48-31-21-20-28(23-32(31)49-36(47)38(4,5)6)30(43)24-41-39(7,8)25-40-33(44)29(22-26-16-12-10-13-17-26)42(9)34(45)27-18-14-11-15-19-27;/h10-21,23,29-30,41,43H,22,24-25H2,1-9H3,(H,40,44);1H/t29-,30?;/m0./s1. The molecule has 10 nitrogen and oxygen atoms in total. The molecule has 3 N–H and O–H groups in total. The molecule has 272 valence electrons. The highest BCUT2D eigenvalue weighted by Gasteiger charge is 2.31. The molecule has 0 fully saturated rings. The summed E-state index contributed by atoms with van der Waals surface area (Å²) in [5.74, 6) is -1.49. The van der Waals surface area contributed by atoms with Crippen LogP contribution in [0.5, 0.6) is 11.5 Å². The number of hydrogen-bond acceptors (Lipinski definition) is 8. The summed E-state index contributed by atoms with van der Waals surface area (Å²) in [6.45, 7) is 14.4. The van der Waals surface area contributed by atoms with Crippen LogP contribution in [-0.4, -0.2) is 65.5 Å². The summed E-state index contributed by atoms with van der Waals surface area (Å²) in [6, 6.07) is 22.2. The van der Waals surface area contributed by atoms with Gasteiger partial charge in [0.25, 0.3) is 5.91 Å². The number of β-amino-alcohol motifs (C(OH)–C–C–N with tert-alkyl or cyclic N) is 1. The molecule has 0 saturated carbocycles. The zero-order valence-electron chi connectivity index (χ0n) is 30.5. The van der Waals surface area contributed by atoms with Gasteiger partial charge in [-0.05, 0) is 90.8 Å². The number of likely N-dealkylation sites (N-methyl/N-ethyl adjacent to an activating group) is 1. The Hall–Kier alpha value is -4.06. The lowest BCUT2D eigenvalue weighted by atomic mass is 9.97. The number of aliphatic hydroxyl groups excluding tert-OH is 1. The molecule has 1 unspecified atom stereocenters. The van der Waals surface area contributed by atoms with E-state index < -0.39 is 40.5 Å². The van der Waals surface area contributed by atoms with Crippen LogP contribution in [0, 0.1) is 10.8 Å². The topological polar surface area (TPSA) is 134 Å². The Morgan fingerprint density at radius 3 is 1.82 bits per heavy atom. The molecule has 0 spiro atoms. The largest absolute Gasteiger partial charge is 0.422 e. The van der Waals surface area contributed by atoms with Gasteiger partial charge in [-0.15, -0.1) is 17.0 Å². The average Bonchev–Trinajstić information content (AvgIpc) is 3.05. The number of rotatable bonds is 13. The number of ether oxygens (including phenoxy) is 2. The van der Waals surface area contributed by atoms with Crippen LogP contribution in [0.2, 0.25) is 0 Å². The maximum atomic E-state index is 13.6. The zero-order chi connectivity index (χ0) is 36.6. The number of nitrogens with zero attached hydrogens (tertiary/aromatic N) is 1. The molecule has 0 saturated heterocycles. The molecule has 3 rings (SSSR count). The third kappa shape index (κ3) is 12.4. The van der Waals surface area contributed by atoms with Crippen molar-refractivity contribution in [1.29, 1.82) is 0 Å². The third-order valence-electron chi connectivity index (χ3n) is 7.84. The Labute approximate surface area is 306 Å². The van der Waals surface area contributed by atoms with Gasteiger partial charge in [-0.2, -0.15) is 0 Å². The predicted molar refractivity (Wildman–Crippen MR) is 199 cm³/mol. The highest BCUT2D eigenvalue weighted by atomic mass is 79.9. The smallest absolute Gasteiger partial charge is 0.316 e. The summed E-state index contributed by atoms with van der Waals surface area (Å²) in [7, 11) is 1.63. The van der Waals surface area contributed by atoms with Gasteiger partial charge in [-0.1, -0.05) is 54.6 Å². The average molecular weight is 755 g/mol. The van der Waals surface area contributed by atoms with Crippen molar-refractivity contribution in [2.24, 2.45) is 10.8 Å². The molecule has 0 radical (unpaired) electrons. The maximum absolute atomic E-state index is 13.6. The molecule has 3 aromatic carbocycles.